The van der Waals surface area contributed by atoms with Gasteiger partial charge in [0, 0.05) is 36.0 Å². The predicted molar refractivity (Wildman–Crippen MR) is 106 cm³/mol. The third-order valence-corrected chi connectivity index (χ3v) is 7.12. The lowest BCUT2D eigenvalue weighted by atomic mass is 9.60. The molecule has 0 bridgehead atoms. The number of benzene rings is 1. The number of hydrogen-bond acceptors (Lipinski definition) is 7. The maximum atomic E-state index is 12.7. The topological polar surface area (TPSA) is 122 Å². The van der Waals surface area contributed by atoms with Crippen molar-refractivity contribution in [2.75, 3.05) is 31.6 Å². The van der Waals surface area contributed by atoms with E-state index >= 15 is 0 Å². The van der Waals surface area contributed by atoms with Crippen molar-refractivity contribution in [2.45, 2.75) is 31.2 Å². The summed E-state index contributed by atoms with van der Waals surface area (Å²) in [6.07, 6.45) is -5.32. The molecule has 1 spiro atoms. The molecule has 0 amide bonds. The number of halogens is 3. The lowest BCUT2D eigenvalue weighted by Crippen LogP contribution is -2.68. The molecule has 2 aromatic rings. The van der Waals surface area contributed by atoms with Crippen LogP contribution in [0.2, 0.25) is 0 Å². The number of aliphatic hydroxyl groups excluding tert-OH is 1. The van der Waals surface area contributed by atoms with E-state index in [1.54, 1.807) is 19.4 Å². The van der Waals surface area contributed by atoms with E-state index in [9.17, 15) is 26.7 Å². The van der Waals surface area contributed by atoms with E-state index < -0.39 is 35.1 Å². The molecule has 2 fully saturated rings. The van der Waals surface area contributed by atoms with Crippen LogP contribution in [-0.4, -0.2) is 73.1 Å². The van der Waals surface area contributed by atoms with Crippen LogP contribution in [0.25, 0.3) is 10.9 Å². The van der Waals surface area contributed by atoms with Crippen molar-refractivity contribution in [3.8, 4) is 5.75 Å². The highest BCUT2D eigenvalue weighted by atomic mass is 32.2. The summed E-state index contributed by atoms with van der Waals surface area (Å²) in [7, 11) is -2.83. The van der Waals surface area contributed by atoms with Crippen molar-refractivity contribution >= 4 is 26.8 Å². The number of aromatic nitrogens is 2. The monoisotopic (exact) mass is 461 g/mol. The molecule has 31 heavy (non-hydrogen) atoms. The van der Waals surface area contributed by atoms with Crippen LogP contribution < -0.4 is 14.8 Å². The van der Waals surface area contributed by atoms with Gasteiger partial charge in [-0.15, -0.1) is 0 Å². The van der Waals surface area contributed by atoms with Crippen LogP contribution in [0.1, 0.15) is 12.8 Å². The first-order valence-electron chi connectivity index (χ1n) is 9.51. The Bertz CT molecular complexity index is 1080. The summed E-state index contributed by atoms with van der Waals surface area (Å²) in [5.74, 6) is 0.657. The number of alkyl halides is 3. The Morgan fingerprint density at radius 1 is 1.39 bits per heavy atom. The lowest BCUT2D eigenvalue weighted by molar-refractivity contribution is -0.207. The normalized spacial score (nSPS) is 20.0. The molecule has 1 aliphatic carbocycles. The molecule has 1 aliphatic heterocycles. The Hall–Kier alpha value is -2.22. The summed E-state index contributed by atoms with van der Waals surface area (Å²) >= 11 is 0. The summed E-state index contributed by atoms with van der Waals surface area (Å²) in [6.45, 7) is 0.112. The molecule has 9 nitrogen and oxygen atoms in total. The van der Waals surface area contributed by atoms with Gasteiger partial charge in [0.25, 0.3) is 10.2 Å². The third-order valence-electron chi connectivity index (χ3n) is 6.02. The van der Waals surface area contributed by atoms with Crippen LogP contribution >= 0.6 is 0 Å². The minimum Gasteiger partial charge on any atom is -0.497 e. The molecule has 1 saturated heterocycles. The smallest absolute Gasteiger partial charge is 0.415 e. The molecule has 13 heteroatoms. The molecule has 1 unspecified atom stereocenters. The van der Waals surface area contributed by atoms with Gasteiger partial charge in [0.05, 0.1) is 31.1 Å². The average Bonchev–Trinajstić information content (AvgIpc) is 2.62. The molecular weight excluding hydrogens is 439 g/mol. The van der Waals surface area contributed by atoms with Gasteiger partial charge < -0.3 is 14.7 Å². The summed E-state index contributed by atoms with van der Waals surface area (Å²) < 4.78 is 67.5. The molecule has 1 aromatic heterocycles. The van der Waals surface area contributed by atoms with E-state index in [4.69, 9.17) is 9.88 Å². The Morgan fingerprint density at radius 2 is 2.06 bits per heavy atom. The largest absolute Gasteiger partial charge is 0.497 e. The highest BCUT2D eigenvalue weighted by molar-refractivity contribution is 7.86. The molecular formula is C18H22F3N5O4S. The Kier molecular flexibility index (Phi) is 5.27. The molecule has 170 valence electrons. The fraction of sp³-hybridized carbons (Fsp3) is 0.556. The number of nitrogens with two attached hydrogens (primary N) is 1. The number of fused-ring (bicyclic) bond motifs is 1. The average molecular weight is 461 g/mol. The van der Waals surface area contributed by atoms with Crippen molar-refractivity contribution in [1.29, 1.82) is 0 Å². The van der Waals surface area contributed by atoms with Crippen LogP contribution in [0.4, 0.5) is 18.9 Å². The Labute approximate surface area is 176 Å². The van der Waals surface area contributed by atoms with Gasteiger partial charge in [0.1, 0.15) is 5.75 Å². The molecule has 4 rings (SSSR count). The van der Waals surface area contributed by atoms with Gasteiger partial charge in [-0.05, 0) is 25.0 Å². The van der Waals surface area contributed by atoms with Crippen LogP contribution in [0, 0.1) is 5.41 Å². The SMILES string of the molecule is COc1ccc2c(N3CC4(CC(N(CC(O)C(F)(F)F)S(N)(=O)=O)C4)C3)cnnc2c1. The molecule has 1 aromatic carbocycles. The summed E-state index contributed by atoms with van der Waals surface area (Å²) in [4.78, 5) is 2.07. The number of methoxy groups -OCH3 is 1. The van der Waals surface area contributed by atoms with Gasteiger partial charge in [0.15, 0.2) is 6.10 Å². The second-order valence-electron chi connectivity index (χ2n) is 8.20. The second kappa shape index (κ2) is 7.43. The van der Waals surface area contributed by atoms with Gasteiger partial charge in [-0.3, -0.25) is 0 Å². The van der Waals surface area contributed by atoms with Crippen LogP contribution in [0.3, 0.4) is 0 Å². The number of ether oxygens (including phenoxy) is 1. The van der Waals surface area contributed by atoms with E-state index in [0.29, 0.717) is 41.5 Å². The van der Waals surface area contributed by atoms with Crippen molar-refractivity contribution in [3.63, 3.8) is 0 Å². The van der Waals surface area contributed by atoms with E-state index in [1.807, 2.05) is 12.1 Å². The fourth-order valence-electron chi connectivity index (χ4n) is 4.48. The van der Waals surface area contributed by atoms with Gasteiger partial charge in [-0.1, -0.05) is 0 Å². The zero-order chi connectivity index (χ0) is 22.6. The maximum Gasteiger partial charge on any atom is 0.415 e. The minimum atomic E-state index is -4.92. The quantitative estimate of drug-likeness (QED) is 0.659. The number of anilines is 1. The van der Waals surface area contributed by atoms with Crippen LogP contribution in [0.5, 0.6) is 5.75 Å². The number of rotatable bonds is 6. The zero-order valence-corrected chi connectivity index (χ0v) is 17.4. The predicted octanol–water partition coefficient (Wildman–Crippen LogP) is 1.04. The summed E-state index contributed by atoms with van der Waals surface area (Å²) in [5.41, 5.74) is 1.34. The molecule has 1 atom stereocenters. The number of nitrogens with zero attached hydrogens (tertiary/aromatic N) is 4. The zero-order valence-electron chi connectivity index (χ0n) is 16.6. The van der Waals surface area contributed by atoms with Crippen LogP contribution in [0.15, 0.2) is 24.4 Å². The lowest BCUT2D eigenvalue weighted by Gasteiger charge is -2.61. The molecule has 3 N–H and O–H groups in total. The van der Waals surface area contributed by atoms with Crippen molar-refractivity contribution in [2.24, 2.45) is 10.6 Å². The number of hydrogen-bond donors (Lipinski definition) is 2. The minimum absolute atomic E-state index is 0.209. The van der Waals surface area contributed by atoms with Gasteiger partial charge >= 0.3 is 6.18 Å². The molecule has 2 aliphatic rings. The van der Waals surface area contributed by atoms with Crippen molar-refractivity contribution in [1.82, 2.24) is 14.5 Å². The molecule has 0 radical (unpaired) electrons. The number of aliphatic hydroxyl groups is 1. The Morgan fingerprint density at radius 3 is 2.65 bits per heavy atom. The van der Waals surface area contributed by atoms with E-state index in [2.05, 4.69) is 15.1 Å². The highest BCUT2D eigenvalue weighted by Crippen LogP contribution is 2.52. The van der Waals surface area contributed by atoms with Gasteiger partial charge in [-0.25, -0.2) is 5.14 Å². The highest BCUT2D eigenvalue weighted by Gasteiger charge is 2.56. The standard InChI is InChI=1S/C18H22F3N5O4S/c1-30-12-2-3-13-14(4-12)24-23-7-15(13)25-9-17(10-25)5-11(6-17)26(31(22,28)29)8-16(27)18(19,20)21/h2-4,7,11,16,27H,5-6,8-10H2,1H3,(H2,22,28,29). The van der Waals surface area contributed by atoms with E-state index in [1.165, 1.54) is 0 Å². The second-order valence-corrected chi connectivity index (χ2v) is 9.70. The first-order chi connectivity index (χ1) is 14.4. The van der Waals surface area contributed by atoms with Crippen molar-refractivity contribution in [3.05, 3.63) is 24.4 Å². The molecule has 2 heterocycles. The van der Waals surface area contributed by atoms with Crippen molar-refractivity contribution < 1.29 is 31.4 Å². The maximum absolute atomic E-state index is 12.7. The fourth-order valence-corrected chi connectivity index (χ4v) is 5.39. The first-order valence-corrected chi connectivity index (χ1v) is 11.0. The van der Waals surface area contributed by atoms with Gasteiger partial charge in [0.2, 0.25) is 0 Å². The first kappa shape index (κ1) is 22.0. The molecule has 1 saturated carbocycles. The van der Waals surface area contributed by atoms with E-state index in [0.717, 1.165) is 11.1 Å². The Balaban J connectivity index is 1.44. The van der Waals surface area contributed by atoms with Crippen LogP contribution in [-0.2, 0) is 10.2 Å². The summed E-state index contributed by atoms with van der Waals surface area (Å²) in [5, 5.41) is 23.4. The summed E-state index contributed by atoms with van der Waals surface area (Å²) in [6, 6.07) is 4.80. The third kappa shape index (κ3) is 4.14. The van der Waals surface area contributed by atoms with Gasteiger partial charge in [-0.2, -0.15) is 36.1 Å². The van der Waals surface area contributed by atoms with E-state index in [-0.39, 0.29) is 5.41 Å².